The molecule has 2 aliphatic rings. The van der Waals surface area contributed by atoms with Crippen molar-refractivity contribution in [1.82, 2.24) is 15.1 Å². The highest BCUT2D eigenvalue weighted by Gasteiger charge is 2.21. The minimum absolute atomic E-state index is 0. The molecule has 1 N–H and O–H groups in total. The van der Waals surface area contributed by atoms with Gasteiger partial charge in [0.15, 0.2) is 5.96 Å². The van der Waals surface area contributed by atoms with Gasteiger partial charge >= 0.3 is 0 Å². The molecule has 5 nitrogen and oxygen atoms in total. The van der Waals surface area contributed by atoms with Crippen LogP contribution in [0.4, 0.5) is 5.00 Å². The summed E-state index contributed by atoms with van der Waals surface area (Å²) in [5.41, 5.74) is 0. The van der Waals surface area contributed by atoms with E-state index >= 15 is 0 Å². The summed E-state index contributed by atoms with van der Waals surface area (Å²) in [4.78, 5) is 12.0. The second-order valence-electron chi connectivity index (χ2n) is 7.32. The summed E-state index contributed by atoms with van der Waals surface area (Å²) >= 11 is 1.83. The first-order chi connectivity index (χ1) is 12.3. The minimum atomic E-state index is 0. The SMILES string of the molecule is CN=C(NCC(C)CN1CCCCC1)N1CCN(c2cccs2)CC1.I. The molecule has 1 atom stereocenters. The van der Waals surface area contributed by atoms with Crippen molar-refractivity contribution in [1.29, 1.82) is 0 Å². The van der Waals surface area contributed by atoms with E-state index in [1.54, 1.807) is 0 Å². The largest absolute Gasteiger partial charge is 0.360 e. The number of rotatable bonds is 5. The van der Waals surface area contributed by atoms with E-state index in [-0.39, 0.29) is 24.0 Å². The fraction of sp³-hybridized carbons (Fsp3) is 0.737. The van der Waals surface area contributed by atoms with Crippen LogP contribution in [-0.4, -0.2) is 75.2 Å². The monoisotopic (exact) mass is 491 g/mol. The average Bonchev–Trinajstić information content (AvgIpc) is 3.18. The third-order valence-electron chi connectivity index (χ3n) is 5.24. The summed E-state index contributed by atoms with van der Waals surface area (Å²) in [6, 6.07) is 4.35. The number of likely N-dealkylation sites (tertiary alicyclic amines) is 1. The number of halogens is 1. The molecule has 148 valence electrons. The number of nitrogens with zero attached hydrogens (tertiary/aromatic N) is 4. The van der Waals surface area contributed by atoms with Gasteiger partial charge in [0.25, 0.3) is 0 Å². The maximum atomic E-state index is 4.52. The predicted molar refractivity (Wildman–Crippen MR) is 124 cm³/mol. The molecule has 2 fully saturated rings. The van der Waals surface area contributed by atoms with Crippen LogP contribution in [0.1, 0.15) is 26.2 Å². The van der Waals surface area contributed by atoms with Crippen molar-refractivity contribution in [2.45, 2.75) is 26.2 Å². The highest BCUT2D eigenvalue weighted by molar-refractivity contribution is 14.0. The zero-order chi connectivity index (χ0) is 17.5. The van der Waals surface area contributed by atoms with Crippen LogP contribution in [-0.2, 0) is 0 Å². The molecular formula is C19H34IN5S. The number of piperidine rings is 1. The predicted octanol–water partition coefficient (Wildman–Crippen LogP) is 3.19. The number of thiophene rings is 1. The lowest BCUT2D eigenvalue weighted by Gasteiger charge is -2.37. The van der Waals surface area contributed by atoms with Crippen molar-refractivity contribution >= 4 is 46.3 Å². The normalized spacial score (nSPS) is 20.6. The van der Waals surface area contributed by atoms with Crippen LogP contribution < -0.4 is 10.2 Å². The van der Waals surface area contributed by atoms with Gasteiger partial charge in [0, 0.05) is 46.3 Å². The Kier molecular flexibility index (Phi) is 9.49. The topological polar surface area (TPSA) is 34.1 Å². The van der Waals surface area contributed by atoms with E-state index in [0.717, 1.165) is 38.7 Å². The third kappa shape index (κ3) is 6.27. The first-order valence-corrected chi connectivity index (χ1v) is 10.6. The quantitative estimate of drug-likeness (QED) is 0.390. The van der Waals surface area contributed by atoms with Gasteiger partial charge in [-0.1, -0.05) is 13.3 Å². The van der Waals surface area contributed by atoms with Crippen LogP contribution in [0.5, 0.6) is 0 Å². The molecule has 1 aromatic heterocycles. The molecular weight excluding hydrogens is 457 g/mol. The smallest absolute Gasteiger partial charge is 0.193 e. The summed E-state index contributed by atoms with van der Waals surface area (Å²) in [7, 11) is 1.91. The highest BCUT2D eigenvalue weighted by Crippen LogP contribution is 2.22. The highest BCUT2D eigenvalue weighted by atomic mass is 127. The van der Waals surface area contributed by atoms with Gasteiger partial charge < -0.3 is 20.0 Å². The van der Waals surface area contributed by atoms with E-state index in [1.807, 2.05) is 18.4 Å². The van der Waals surface area contributed by atoms with Crippen molar-refractivity contribution in [3.63, 3.8) is 0 Å². The number of hydrogen-bond donors (Lipinski definition) is 1. The third-order valence-corrected chi connectivity index (χ3v) is 6.17. The summed E-state index contributed by atoms with van der Waals surface area (Å²) < 4.78 is 0. The Hall–Kier alpha value is -0.540. The van der Waals surface area contributed by atoms with E-state index in [9.17, 15) is 0 Å². The number of piperazine rings is 1. The van der Waals surface area contributed by atoms with Crippen molar-refractivity contribution in [3.8, 4) is 0 Å². The summed E-state index contributed by atoms with van der Waals surface area (Å²) in [6.07, 6.45) is 4.15. The maximum Gasteiger partial charge on any atom is 0.193 e. The molecule has 2 aliphatic heterocycles. The van der Waals surface area contributed by atoms with Crippen molar-refractivity contribution in [2.24, 2.45) is 10.9 Å². The molecule has 0 aliphatic carbocycles. The lowest BCUT2D eigenvalue weighted by atomic mass is 10.1. The summed E-state index contributed by atoms with van der Waals surface area (Å²) in [6.45, 7) is 11.4. The van der Waals surface area contributed by atoms with E-state index in [4.69, 9.17) is 0 Å². The fourth-order valence-corrected chi connectivity index (χ4v) is 4.62. The Balaban J connectivity index is 0.00000243. The fourth-order valence-electron chi connectivity index (χ4n) is 3.83. The van der Waals surface area contributed by atoms with Crippen LogP contribution in [0.15, 0.2) is 22.5 Å². The van der Waals surface area contributed by atoms with Crippen molar-refractivity contribution < 1.29 is 0 Å². The van der Waals surface area contributed by atoms with Gasteiger partial charge in [-0.25, -0.2) is 0 Å². The van der Waals surface area contributed by atoms with Crippen LogP contribution in [0.25, 0.3) is 0 Å². The molecule has 0 radical (unpaired) electrons. The molecule has 1 aromatic rings. The van der Waals surface area contributed by atoms with Crippen molar-refractivity contribution in [3.05, 3.63) is 17.5 Å². The average molecular weight is 491 g/mol. The zero-order valence-corrected chi connectivity index (χ0v) is 19.3. The molecule has 7 heteroatoms. The van der Waals surface area contributed by atoms with Crippen LogP contribution in [0.3, 0.4) is 0 Å². The van der Waals surface area contributed by atoms with Gasteiger partial charge in [0.2, 0.25) is 0 Å². The Morgan fingerprint density at radius 3 is 2.50 bits per heavy atom. The number of guanidine groups is 1. The van der Waals surface area contributed by atoms with Crippen LogP contribution >= 0.6 is 35.3 Å². The number of nitrogens with one attached hydrogen (secondary N) is 1. The Morgan fingerprint density at radius 2 is 1.88 bits per heavy atom. The molecule has 0 bridgehead atoms. The minimum Gasteiger partial charge on any atom is -0.360 e. The summed E-state index contributed by atoms with van der Waals surface area (Å²) in [5.74, 6) is 1.72. The molecule has 0 amide bonds. The Bertz CT molecular complexity index is 522. The molecule has 2 saturated heterocycles. The van der Waals surface area contributed by atoms with Gasteiger partial charge in [-0.05, 0) is 49.4 Å². The molecule has 1 unspecified atom stereocenters. The lowest BCUT2D eigenvalue weighted by molar-refractivity contribution is 0.200. The first-order valence-electron chi connectivity index (χ1n) is 9.72. The van der Waals surface area contributed by atoms with E-state index in [2.05, 4.69) is 49.4 Å². The first kappa shape index (κ1) is 21.8. The lowest BCUT2D eigenvalue weighted by Crippen LogP contribution is -2.53. The number of anilines is 1. The van der Waals surface area contributed by atoms with Crippen LogP contribution in [0, 0.1) is 5.92 Å². The molecule has 3 rings (SSSR count). The molecule has 0 aromatic carbocycles. The molecule has 0 saturated carbocycles. The second kappa shape index (κ2) is 11.3. The van der Waals surface area contributed by atoms with Gasteiger partial charge in [-0.2, -0.15) is 0 Å². The van der Waals surface area contributed by atoms with E-state index in [1.165, 1.54) is 43.9 Å². The molecule has 0 spiro atoms. The van der Waals surface area contributed by atoms with Gasteiger partial charge in [-0.3, -0.25) is 4.99 Å². The van der Waals surface area contributed by atoms with Gasteiger partial charge in [-0.15, -0.1) is 35.3 Å². The van der Waals surface area contributed by atoms with Gasteiger partial charge in [0.1, 0.15) is 0 Å². The summed E-state index contributed by atoms with van der Waals surface area (Å²) in [5, 5.41) is 7.16. The Morgan fingerprint density at radius 1 is 1.15 bits per heavy atom. The molecule has 26 heavy (non-hydrogen) atoms. The number of aliphatic imine (C=N–C) groups is 1. The zero-order valence-electron chi connectivity index (χ0n) is 16.2. The number of hydrogen-bond acceptors (Lipinski definition) is 4. The van der Waals surface area contributed by atoms with E-state index in [0.29, 0.717) is 5.92 Å². The molecule has 3 heterocycles. The maximum absolute atomic E-state index is 4.52. The Labute approximate surface area is 179 Å². The van der Waals surface area contributed by atoms with Gasteiger partial charge in [0.05, 0.1) is 5.00 Å². The van der Waals surface area contributed by atoms with E-state index < -0.39 is 0 Å². The standard InChI is InChI=1S/C19H33N5S.HI/c1-17(16-22-8-4-3-5-9-22)15-21-19(20-2)24-12-10-23(11-13-24)18-7-6-14-25-18;/h6-7,14,17H,3-5,8-13,15-16H2,1-2H3,(H,20,21);1H. The van der Waals surface area contributed by atoms with Crippen molar-refractivity contribution in [2.75, 3.05) is 64.3 Å². The van der Waals surface area contributed by atoms with Crippen LogP contribution in [0.2, 0.25) is 0 Å². The second-order valence-corrected chi connectivity index (χ2v) is 8.25.